The first-order chi connectivity index (χ1) is 13.9. The van der Waals surface area contributed by atoms with Gasteiger partial charge in [0.1, 0.15) is 0 Å². The first kappa shape index (κ1) is 21.9. The van der Waals surface area contributed by atoms with Crippen LogP contribution in [0.1, 0.15) is 18.9 Å². The second-order valence-electron chi connectivity index (χ2n) is 6.74. The molecule has 1 saturated heterocycles. The van der Waals surface area contributed by atoms with Crippen molar-refractivity contribution in [3.8, 4) is 0 Å². The van der Waals surface area contributed by atoms with Crippen molar-refractivity contribution in [3.63, 3.8) is 0 Å². The molecule has 1 aliphatic heterocycles. The third-order valence-corrected chi connectivity index (χ3v) is 7.21. The Morgan fingerprint density at radius 2 is 1.76 bits per heavy atom. The average molecular weight is 494 g/mol. The van der Waals surface area contributed by atoms with Crippen LogP contribution in [0.3, 0.4) is 0 Å². The molecule has 29 heavy (non-hydrogen) atoms. The summed E-state index contributed by atoms with van der Waals surface area (Å²) in [5, 5.41) is 0.646. The fourth-order valence-corrected chi connectivity index (χ4v) is 4.75. The van der Waals surface area contributed by atoms with E-state index < -0.39 is 0 Å². The molecule has 7 heteroatoms. The van der Waals surface area contributed by atoms with E-state index in [9.17, 15) is 9.59 Å². The van der Waals surface area contributed by atoms with Crippen LogP contribution in [0.25, 0.3) is 6.08 Å². The summed E-state index contributed by atoms with van der Waals surface area (Å²) >= 11 is 11.6. The molecule has 2 amide bonds. The van der Waals surface area contributed by atoms with E-state index >= 15 is 0 Å². The van der Waals surface area contributed by atoms with Gasteiger partial charge in [-0.3, -0.25) is 9.59 Å². The van der Waals surface area contributed by atoms with E-state index in [-0.39, 0.29) is 11.8 Å². The van der Waals surface area contributed by atoms with Gasteiger partial charge in [-0.2, -0.15) is 0 Å². The Kier molecular flexibility index (Phi) is 7.81. The number of benzene rings is 2. The Balaban J connectivity index is 1.63. The van der Waals surface area contributed by atoms with Crippen LogP contribution in [0.15, 0.2) is 62.8 Å². The largest absolute Gasteiger partial charge is 0.341 e. The lowest BCUT2D eigenvalue weighted by atomic mass is 10.2. The normalized spacial score (nSPS) is 14.9. The van der Waals surface area contributed by atoms with Gasteiger partial charge in [-0.25, -0.2) is 0 Å². The topological polar surface area (TPSA) is 40.6 Å². The van der Waals surface area contributed by atoms with Crippen molar-refractivity contribution >= 4 is 57.2 Å². The predicted molar refractivity (Wildman–Crippen MR) is 122 cm³/mol. The molecule has 152 valence electrons. The highest BCUT2D eigenvalue weighted by atomic mass is 79.9. The zero-order chi connectivity index (χ0) is 20.8. The number of carbonyl (C=O) groups is 2. The van der Waals surface area contributed by atoms with Gasteiger partial charge in [0.15, 0.2) is 0 Å². The van der Waals surface area contributed by atoms with Crippen LogP contribution < -0.4 is 0 Å². The van der Waals surface area contributed by atoms with Gasteiger partial charge in [0.2, 0.25) is 11.8 Å². The van der Waals surface area contributed by atoms with Crippen molar-refractivity contribution in [1.29, 1.82) is 0 Å². The van der Waals surface area contributed by atoms with Crippen LogP contribution in [-0.2, 0) is 9.59 Å². The third-order valence-electron chi connectivity index (χ3n) is 4.68. The molecule has 1 aliphatic rings. The van der Waals surface area contributed by atoms with Crippen LogP contribution in [0.5, 0.6) is 0 Å². The van der Waals surface area contributed by atoms with Crippen molar-refractivity contribution in [1.82, 2.24) is 9.80 Å². The van der Waals surface area contributed by atoms with Crippen molar-refractivity contribution in [2.75, 3.05) is 26.2 Å². The van der Waals surface area contributed by atoms with Gasteiger partial charge in [-0.1, -0.05) is 41.6 Å². The lowest BCUT2D eigenvalue weighted by Gasteiger charge is -2.20. The SMILES string of the molecule is CC(=O)N1CCCN(C(=O)/C=C/c2ccc(Sc3ccccc3Br)c(Cl)c2)CC1. The molecule has 0 aliphatic carbocycles. The summed E-state index contributed by atoms with van der Waals surface area (Å²) < 4.78 is 1.02. The van der Waals surface area contributed by atoms with Crippen molar-refractivity contribution in [3.05, 3.63) is 63.6 Å². The molecule has 0 bridgehead atoms. The fourth-order valence-electron chi connectivity index (χ4n) is 3.08. The predicted octanol–water partition coefficient (Wildman–Crippen LogP) is 5.35. The third kappa shape index (κ3) is 6.11. The van der Waals surface area contributed by atoms with Gasteiger partial charge in [0.25, 0.3) is 0 Å². The van der Waals surface area contributed by atoms with Gasteiger partial charge in [-0.15, -0.1) is 0 Å². The van der Waals surface area contributed by atoms with E-state index in [4.69, 9.17) is 11.6 Å². The first-order valence-corrected chi connectivity index (χ1v) is 11.4. The van der Waals surface area contributed by atoms with Crippen molar-refractivity contribution in [2.45, 2.75) is 23.1 Å². The lowest BCUT2D eigenvalue weighted by molar-refractivity contribution is -0.130. The summed E-state index contributed by atoms with van der Waals surface area (Å²) in [4.78, 5) is 29.7. The Hall–Kier alpha value is -1.76. The van der Waals surface area contributed by atoms with E-state index in [2.05, 4.69) is 15.9 Å². The van der Waals surface area contributed by atoms with Gasteiger partial charge < -0.3 is 9.80 Å². The smallest absolute Gasteiger partial charge is 0.246 e. The Morgan fingerprint density at radius 1 is 1.03 bits per heavy atom. The molecule has 3 rings (SSSR count). The van der Waals surface area contributed by atoms with Gasteiger partial charge in [0, 0.05) is 53.4 Å². The summed E-state index contributed by atoms with van der Waals surface area (Å²) in [6.45, 7) is 4.08. The van der Waals surface area contributed by atoms with Crippen molar-refractivity contribution < 1.29 is 9.59 Å². The standard InChI is InChI=1S/C22H22BrClN2O2S/c1-16(27)25-11-4-12-26(14-13-25)22(28)10-8-17-7-9-21(19(24)15-17)29-20-6-3-2-5-18(20)23/h2-3,5-10,15H,4,11-14H2,1H3/b10-8+. The number of nitrogens with zero attached hydrogens (tertiary/aromatic N) is 2. The van der Waals surface area contributed by atoms with Crippen molar-refractivity contribution in [2.24, 2.45) is 0 Å². The van der Waals surface area contributed by atoms with E-state index in [1.54, 1.807) is 40.6 Å². The van der Waals surface area contributed by atoms with E-state index in [0.717, 1.165) is 26.2 Å². The van der Waals surface area contributed by atoms with Crippen LogP contribution in [0.2, 0.25) is 5.02 Å². The summed E-state index contributed by atoms with van der Waals surface area (Å²) in [6.07, 6.45) is 4.16. The maximum atomic E-state index is 12.5. The molecule has 0 N–H and O–H groups in total. The second kappa shape index (κ2) is 10.3. The number of hydrogen-bond acceptors (Lipinski definition) is 3. The van der Waals surface area contributed by atoms with Crippen LogP contribution in [-0.4, -0.2) is 47.8 Å². The maximum absolute atomic E-state index is 12.5. The zero-order valence-electron chi connectivity index (χ0n) is 16.1. The zero-order valence-corrected chi connectivity index (χ0v) is 19.3. The molecule has 1 heterocycles. The monoisotopic (exact) mass is 492 g/mol. The minimum atomic E-state index is -0.0433. The molecule has 2 aromatic carbocycles. The molecular formula is C22H22BrClN2O2S. The molecule has 4 nitrogen and oxygen atoms in total. The summed E-state index contributed by atoms with van der Waals surface area (Å²) in [7, 11) is 0. The summed E-state index contributed by atoms with van der Waals surface area (Å²) in [5.41, 5.74) is 0.875. The Labute approximate surface area is 189 Å². The Morgan fingerprint density at radius 3 is 2.48 bits per heavy atom. The highest BCUT2D eigenvalue weighted by molar-refractivity contribution is 9.10. The molecule has 0 unspecified atom stereocenters. The maximum Gasteiger partial charge on any atom is 0.246 e. The summed E-state index contributed by atoms with van der Waals surface area (Å²) in [5.74, 6) is 0.0168. The molecule has 0 spiro atoms. The number of halogens is 2. The second-order valence-corrected chi connectivity index (χ2v) is 9.09. The number of carbonyl (C=O) groups excluding carboxylic acids is 2. The number of hydrogen-bond donors (Lipinski definition) is 0. The molecule has 0 atom stereocenters. The average Bonchev–Trinajstić information content (AvgIpc) is 2.96. The number of amides is 2. The molecule has 0 aromatic heterocycles. The van der Waals surface area contributed by atoms with Crippen LogP contribution in [0.4, 0.5) is 0 Å². The fraction of sp³-hybridized carbons (Fsp3) is 0.273. The first-order valence-electron chi connectivity index (χ1n) is 9.38. The van der Waals surface area contributed by atoms with Crippen LogP contribution in [0, 0.1) is 0 Å². The molecule has 1 fully saturated rings. The summed E-state index contributed by atoms with van der Waals surface area (Å²) in [6, 6.07) is 13.8. The quantitative estimate of drug-likeness (QED) is 0.539. The highest BCUT2D eigenvalue weighted by Gasteiger charge is 2.18. The lowest BCUT2D eigenvalue weighted by Crippen LogP contribution is -2.35. The van der Waals surface area contributed by atoms with E-state index in [0.29, 0.717) is 31.2 Å². The van der Waals surface area contributed by atoms with Gasteiger partial charge in [-0.05, 0) is 58.3 Å². The van der Waals surface area contributed by atoms with E-state index in [1.165, 1.54) is 0 Å². The molecule has 0 radical (unpaired) electrons. The number of rotatable bonds is 4. The van der Waals surface area contributed by atoms with E-state index in [1.807, 2.05) is 42.5 Å². The van der Waals surface area contributed by atoms with Crippen LogP contribution >= 0.6 is 39.3 Å². The van der Waals surface area contributed by atoms with Gasteiger partial charge >= 0.3 is 0 Å². The van der Waals surface area contributed by atoms with Gasteiger partial charge in [0.05, 0.1) is 5.02 Å². The molecule has 0 saturated carbocycles. The minimum Gasteiger partial charge on any atom is -0.341 e. The molecular weight excluding hydrogens is 472 g/mol. The molecule has 2 aromatic rings. The highest BCUT2D eigenvalue weighted by Crippen LogP contribution is 2.37. The minimum absolute atomic E-state index is 0.0433. The Bertz CT molecular complexity index is 935.